The van der Waals surface area contributed by atoms with Crippen molar-refractivity contribution in [1.82, 2.24) is 9.38 Å². The van der Waals surface area contributed by atoms with Gasteiger partial charge in [0.1, 0.15) is 22.9 Å². The second kappa shape index (κ2) is 7.10. The number of imidazole rings is 1. The average Bonchev–Trinajstić information content (AvgIpc) is 3.04. The maximum atomic E-state index is 6.22. The van der Waals surface area contributed by atoms with Crippen LogP contribution in [0.3, 0.4) is 0 Å². The first kappa shape index (κ1) is 16.5. The van der Waals surface area contributed by atoms with Gasteiger partial charge in [-0.25, -0.2) is 4.98 Å². The average molecular weight is 364 g/mol. The van der Waals surface area contributed by atoms with Crippen molar-refractivity contribution in [3.05, 3.63) is 83.5 Å². The van der Waals surface area contributed by atoms with Crippen molar-refractivity contribution in [2.45, 2.75) is 6.54 Å². The fraction of sp³-hybridized carbons (Fsp3) is 0.0952. The molecule has 4 nitrogen and oxygen atoms in total. The molecule has 0 saturated carbocycles. The Balaban J connectivity index is 1.84. The van der Waals surface area contributed by atoms with Crippen LogP contribution >= 0.6 is 11.6 Å². The summed E-state index contributed by atoms with van der Waals surface area (Å²) in [7, 11) is 1.67. The highest BCUT2D eigenvalue weighted by Crippen LogP contribution is 2.35. The Bertz CT molecular complexity index is 1040. The number of anilines is 1. The molecule has 0 atom stereocenters. The van der Waals surface area contributed by atoms with Gasteiger partial charge in [-0.15, -0.1) is 0 Å². The Morgan fingerprint density at radius 3 is 2.58 bits per heavy atom. The summed E-state index contributed by atoms with van der Waals surface area (Å²) in [5.74, 6) is 1.67. The Morgan fingerprint density at radius 1 is 1.00 bits per heavy atom. The molecule has 2 aromatic heterocycles. The van der Waals surface area contributed by atoms with Crippen LogP contribution in [0.5, 0.6) is 5.75 Å². The van der Waals surface area contributed by atoms with Crippen molar-refractivity contribution in [2.24, 2.45) is 0 Å². The highest BCUT2D eigenvalue weighted by molar-refractivity contribution is 6.30. The topological polar surface area (TPSA) is 38.6 Å². The van der Waals surface area contributed by atoms with E-state index in [9.17, 15) is 0 Å². The van der Waals surface area contributed by atoms with E-state index >= 15 is 0 Å². The predicted octanol–water partition coefficient (Wildman–Crippen LogP) is 5.28. The van der Waals surface area contributed by atoms with Crippen molar-refractivity contribution in [2.75, 3.05) is 12.4 Å². The van der Waals surface area contributed by atoms with Gasteiger partial charge in [-0.3, -0.25) is 4.40 Å². The molecule has 2 aromatic carbocycles. The van der Waals surface area contributed by atoms with Gasteiger partial charge in [-0.2, -0.15) is 0 Å². The molecule has 0 bridgehead atoms. The van der Waals surface area contributed by atoms with Crippen molar-refractivity contribution in [3.63, 3.8) is 0 Å². The maximum absolute atomic E-state index is 6.22. The summed E-state index contributed by atoms with van der Waals surface area (Å²) in [5, 5.41) is 4.17. The zero-order valence-electron chi connectivity index (χ0n) is 14.3. The first-order valence-electron chi connectivity index (χ1n) is 8.35. The summed E-state index contributed by atoms with van der Waals surface area (Å²) < 4.78 is 7.51. The van der Waals surface area contributed by atoms with E-state index in [2.05, 4.69) is 17.4 Å². The number of para-hydroxylation sites is 1. The summed E-state index contributed by atoms with van der Waals surface area (Å²) in [6.07, 6.45) is 1.87. The number of fused-ring (bicyclic) bond motifs is 1. The number of hydrogen-bond acceptors (Lipinski definition) is 3. The Kier molecular flexibility index (Phi) is 4.50. The molecule has 26 heavy (non-hydrogen) atoms. The van der Waals surface area contributed by atoms with Crippen LogP contribution in [0.25, 0.3) is 16.9 Å². The normalized spacial score (nSPS) is 10.8. The van der Waals surface area contributed by atoms with E-state index in [0.717, 1.165) is 28.5 Å². The minimum absolute atomic E-state index is 0.657. The predicted molar refractivity (Wildman–Crippen MR) is 106 cm³/mol. The number of aromatic nitrogens is 2. The van der Waals surface area contributed by atoms with E-state index in [-0.39, 0.29) is 0 Å². The smallest absolute Gasteiger partial charge is 0.139 e. The fourth-order valence-electron chi connectivity index (χ4n) is 3.00. The highest BCUT2D eigenvalue weighted by Gasteiger charge is 2.17. The molecule has 0 aliphatic rings. The third-order valence-corrected chi connectivity index (χ3v) is 4.47. The molecular weight excluding hydrogens is 346 g/mol. The van der Waals surface area contributed by atoms with Crippen LogP contribution < -0.4 is 10.1 Å². The van der Waals surface area contributed by atoms with Gasteiger partial charge >= 0.3 is 0 Å². The van der Waals surface area contributed by atoms with Gasteiger partial charge in [0.05, 0.1) is 12.1 Å². The zero-order valence-corrected chi connectivity index (χ0v) is 15.1. The monoisotopic (exact) mass is 363 g/mol. The molecule has 4 aromatic rings. The zero-order chi connectivity index (χ0) is 17.9. The number of halogens is 1. The standard InChI is InChI=1S/C21H18ClN3O/c1-26-18-10-6-5-9-17(18)20-21(23-13-15-7-3-2-4-8-15)25-14-16(22)11-12-19(25)24-20/h2-12,14,23H,13H2,1H3. The first-order chi connectivity index (χ1) is 12.8. The van der Waals surface area contributed by atoms with Crippen LogP contribution in [-0.2, 0) is 6.54 Å². The molecule has 0 amide bonds. The van der Waals surface area contributed by atoms with Gasteiger partial charge in [0.15, 0.2) is 0 Å². The quantitative estimate of drug-likeness (QED) is 0.524. The summed E-state index contributed by atoms with van der Waals surface area (Å²) in [5.41, 5.74) is 3.78. The van der Waals surface area contributed by atoms with Gasteiger partial charge in [-0.05, 0) is 29.8 Å². The van der Waals surface area contributed by atoms with E-state index in [1.807, 2.05) is 65.2 Å². The molecule has 0 spiro atoms. The van der Waals surface area contributed by atoms with Crippen molar-refractivity contribution < 1.29 is 4.74 Å². The van der Waals surface area contributed by atoms with E-state index in [4.69, 9.17) is 21.3 Å². The summed E-state index contributed by atoms with van der Waals surface area (Å²) in [4.78, 5) is 4.81. The van der Waals surface area contributed by atoms with Crippen molar-refractivity contribution in [3.8, 4) is 17.0 Å². The molecular formula is C21H18ClN3O. The Hall–Kier alpha value is -2.98. The van der Waals surface area contributed by atoms with Gasteiger partial charge in [0.2, 0.25) is 0 Å². The summed E-state index contributed by atoms with van der Waals surface area (Å²) >= 11 is 6.22. The molecule has 0 fully saturated rings. The minimum Gasteiger partial charge on any atom is -0.496 e. The second-order valence-electron chi connectivity index (χ2n) is 5.92. The molecule has 4 rings (SSSR count). The van der Waals surface area contributed by atoms with Crippen molar-refractivity contribution >= 4 is 23.1 Å². The number of rotatable bonds is 5. The molecule has 0 aliphatic heterocycles. The third-order valence-electron chi connectivity index (χ3n) is 4.25. The lowest BCUT2D eigenvalue weighted by Crippen LogP contribution is -2.03. The molecule has 2 heterocycles. The van der Waals surface area contributed by atoms with Gasteiger partial charge in [0.25, 0.3) is 0 Å². The molecule has 130 valence electrons. The molecule has 1 N–H and O–H groups in total. The van der Waals surface area contributed by atoms with Crippen LogP contribution in [-0.4, -0.2) is 16.5 Å². The van der Waals surface area contributed by atoms with Gasteiger partial charge in [-0.1, -0.05) is 54.1 Å². The largest absolute Gasteiger partial charge is 0.496 e. The molecule has 0 unspecified atom stereocenters. The number of nitrogens with one attached hydrogen (secondary N) is 1. The number of pyridine rings is 1. The van der Waals surface area contributed by atoms with E-state index < -0.39 is 0 Å². The van der Waals surface area contributed by atoms with Crippen LogP contribution in [0.4, 0.5) is 5.82 Å². The summed E-state index contributed by atoms with van der Waals surface area (Å²) in [6, 6.07) is 21.9. The Labute approximate surface area is 157 Å². The summed E-state index contributed by atoms with van der Waals surface area (Å²) in [6.45, 7) is 0.684. The van der Waals surface area contributed by atoms with E-state index in [0.29, 0.717) is 11.6 Å². The third kappa shape index (κ3) is 3.11. The number of hydrogen-bond donors (Lipinski definition) is 1. The lowest BCUT2D eigenvalue weighted by atomic mass is 10.1. The minimum atomic E-state index is 0.657. The molecule has 5 heteroatoms. The first-order valence-corrected chi connectivity index (χ1v) is 8.73. The highest BCUT2D eigenvalue weighted by atomic mass is 35.5. The maximum Gasteiger partial charge on any atom is 0.139 e. The van der Waals surface area contributed by atoms with E-state index in [1.54, 1.807) is 7.11 Å². The molecule has 0 radical (unpaired) electrons. The van der Waals surface area contributed by atoms with E-state index in [1.165, 1.54) is 5.56 Å². The number of methoxy groups -OCH3 is 1. The Morgan fingerprint density at radius 2 is 1.77 bits per heavy atom. The van der Waals surface area contributed by atoms with Crippen LogP contribution in [0.15, 0.2) is 72.9 Å². The van der Waals surface area contributed by atoms with Crippen LogP contribution in [0.1, 0.15) is 5.56 Å². The van der Waals surface area contributed by atoms with Gasteiger partial charge in [0, 0.05) is 18.3 Å². The number of ether oxygens (including phenoxy) is 1. The lowest BCUT2D eigenvalue weighted by molar-refractivity contribution is 0.416. The lowest BCUT2D eigenvalue weighted by Gasteiger charge is -2.11. The van der Waals surface area contributed by atoms with Gasteiger partial charge < -0.3 is 10.1 Å². The second-order valence-corrected chi connectivity index (χ2v) is 6.36. The van der Waals surface area contributed by atoms with Crippen LogP contribution in [0.2, 0.25) is 5.02 Å². The SMILES string of the molecule is COc1ccccc1-c1nc2ccc(Cl)cn2c1NCc1ccccc1. The number of nitrogens with zero attached hydrogens (tertiary/aromatic N) is 2. The molecule has 0 saturated heterocycles. The number of benzene rings is 2. The van der Waals surface area contributed by atoms with Crippen LogP contribution in [0, 0.1) is 0 Å². The van der Waals surface area contributed by atoms with Crippen molar-refractivity contribution in [1.29, 1.82) is 0 Å². The molecule has 0 aliphatic carbocycles. The fourth-order valence-corrected chi connectivity index (χ4v) is 3.16.